The van der Waals surface area contributed by atoms with Crippen molar-refractivity contribution in [3.8, 4) is 28.2 Å². The third-order valence-electron chi connectivity index (χ3n) is 15.2. The van der Waals surface area contributed by atoms with Crippen LogP contribution >= 0.6 is 0 Å². The molecule has 2 aliphatic rings. The fourth-order valence-electron chi connectivity index (χ4n) is 12.1. The van der Waals surface area contributed by atoms with E-state index < -0.39 is 0 Å². The van der Waals surface area contributed by atoms with Crippen LogP contribution < -0.4 is 4.90 Å². The van der Waals surface area contributed by atoms with E-state index in [0.717, 1.165) is 22.7 Å². The van der Waals surface area contributed by atoms with Crippen molar-refractivity contribution in [1.29, 1.82) is 0 Å². The highest BCUT2D eigenvalue weighted by molar-refractivity contribution is 6.12. The molecule has 0 spiro atoms. The largest absolute Gasteiger partial charge is 0.332 e. The smallest absolute Gasteiger partial charge is 0.0723 e. The zero-order valence-electron chi connectivity index (χ0n) is 38.2. The molecular weight excluding hydrogens is 849 g/mol. The maximum atomic E-state index is 2.62. The minimum atomic E-state index is 0.0408. The lowest BCUT2D eigenvalue weighted by Crippen LogP contribution is -2.29. The molecule has 0 amide bonds. The second-order valence-corrected chi connectivity index (χ2v) is 18.8. The first-order chi connectivity index (χ1) is 34.7. The number of anilines is 2. The molecule has 2 atom stereocenters. The van der Waals surface area contributed by atoms with Gasteiger partial charge in [-0.25, -0.2) is 0 Å². The molecule has 1 aliphatic carbocycles. The quantitative estimate of drug-likeness (QED) is 0.163. The topological polar surface area (TPSA) is 18.0 Å². The van der Waals surface area contributed by atoms with Crippen molar-refractivity contribution in [3.63, 3.8) is 0 Å². The Morgan fingerprint density at radius 3 is 1.19 bits per heavy atom. The molecule has 0 saturated carbocycles. The van der Waals surface area contributed by atoms with Gasteiger partial charge in [0.1, 0.15) is 0 Å². The number of benzene rings is 10. The van der Waals surface area contributed by atoms with Gasteiger partial charge in [0.15, 0.2) is 0 Å². The van der Waals surface area contributed by atoms with Crippen LogP contribution in [-0.2, 0) is 0 Å². The van der Waals surface area contributed by atoms with Crippen molar-refractivity contribution in [2.45, 2.75) is 12.0 Å². The summed E-state index contributed by atoms with van der Waals surface area (Å²) in [6.07, 6.45) is 7.32. The summed E-state index contributed by atoms with van der Waals surface area (Å²) in [5.41, 5.74) is 19.2. The predicted molar refractivity (Wildman–Crippen MR) is 294 cm³/mol. The molecule has 0 radical (unpaired) electrons. The lowest BCUT2D eigenvalue weighted by atomic mass is 9.86. The Bertz CT molecular complexity index is 4140. The van der Waals surface area contributed by atoms with Gasteiger partial charge in [0.25, 0.3) is 0 Å². The van der Waals surface area contributed by atoms with E-state index >= 15 is 0 Å². The Balaban J connectivity index is 0.936. The van der Waals surface area contributed by atoms with Crippen LogP contribution in [0.25, 0.3) is 99.2 Å². The van der Waals surface area contributed by atoms with Crippen molar-refractivity contribution in [2.75, 3.05) is 4.90 Å². The van der Waals surface area contributed by atoms with E-state index in [1.165, 1.54) is 98.9 Å². The second kappa shape index (κ2) is 15.2. The van der Waals surface area contributed by atoms with Crippen LogP contribution in [0.2, 0.25) is 0 Å². The summed E-state index contributed by atoms with van der Waals surface area (Å²) >= 11 is 0. The Hall–Kier alpha value is -9.12. The predicted octanol–water partition coefficient (Wildman–Crippen LogP) is 16.9. The van der Waals surface area contributed by atoms with Crippen molar-refractivity contribution < 1.29 is 0 Å². The van der Waals surface area contributed by atoms with E-state index in [1.54, 1.807) is 0 Å². The number of rotatable bonds is 6. The molecule has 0 N–H and O–H groups in total. The van der Waals surface area contributed by atoms with Gasteiger partial charge in [0.05, 0.1) is 50.5 Å². The first kappa shape index (κ1) is 38.9. The van der Waals surface area contributed by atoms with Crippen molar-refractivity contribution >= 4 is 82.4 Å². The zero-order chi connectivity index (χ0) is 45.9. The van der Waals surface area contributed by atoms with Crippen molar-refractivity contribution in [2.24, 2.45) is 0 Å². The first-order valence-electron chi connectivity index (χ1n) is 24.3. The molecular formula is C66H44N4. The van der Waals surface area contributed by atoms with Gasteiger partial charge in [-0.2, -0.15) is 0 Å². The van der Waals surface area contributed by atoms with Gasteiger partial charge in [-0.15, -0.1) is 0 Å². The number of hydrogen-bond donors (Lipinski definition) is 0. The van der Waals surface area contributed by atoms with E-state index in [2.05, 4.69) is 273 Å². The fraction of sp³-hybridized carbons (Fsp3) is 0.0303. The van der Waals surface area contributed by atoms with Gasteiger partial charge in [-0.1, -0.05) is 182 Å². The van der Waals surface area contributed by atoms with E-state index in [9.17, 15) is 0 Å². The molecule has 328 valence electrons. The minimum Gasteiger partial charge on any atom is -0.332 e. The number of allylic oxidation sites excluding steroid dienone is 2. The molecule has 0 fully saturated rings. The van der Waals surface area contributed by atoms with Gasteiger partial charge in [-0.3, -0.25) is 0 Å². The molecule has 4 heteroatoms. The van der Waals surface area contributed by atoms with Gasteiger partial charge >= 0.3 is 0 Å². The summed E-state index contributed by atoms with van der Waals surface area (Å²) in [6.45, 7) is 0. The molecule has 13 aromatic rings. The van der Waals surface area contributed by atoms with Gasteiger partial charge in [0.2, 0.25) is 0 Å². The molecule has 0 saturated heterocycles. The Morgan fingerprint density at radius 1 is 0.314 bits per heavy atom. The maximum Gasteiger partial charge on any atom is 0.0723 e. The standard InChI is InChI=1S/C66H44N4/c1-2-16-43(17-3-1)46-34-39-64-56(40-46)57-41-49(68-60-26-12-6-20-52(60)53-21-7-13-27-61(53)68)42-65(70-62-28-14-8-22-54(62)55-23-9-15-29-63(55)70)66(57)69(64)48-37-32-45(33-38-48)44-30-35-47(36-31-44)67-58-24-10-4-18-50(58)51-19-5-11-25-59(51)67/h1-42,56,64H. The molecule has 15 rings (SSSR count). The molecule has 0 bridgehead atoms. The summed E-state index contributed by atoms with van der Waals surface area (Å²) in [5.74, 6) is 0.0724. The normalized spacial score (nSPS) is 15.4. The van der Waals surface area contributed by atoms with Gasteiger partial charge in [-0.05, 0) is 101 Å². The Labute approximate surface area is 405 Å². The van der Waals surface area contributed by atoms with Crippen LogP contribution in [0, 0.1) is 0 Å². The lowest BCUT2D eigenvalue weighted by molar-refractivity contribution is 0.746. The highest BCUT2D eigenvalue weighted by Crippen LogP contribution is 2.54. The number of fused-ring (bicyclic) bond motifs is 12. The monoisotopic (exact) mass is 892 g/mol. The van der Waals surface area contributed by atoms with Gasteiger partial charge < -0.3 is 18.6 Å². The number of aromatic nitrogens is 3. The first-order valence-corrected chi connectivity index (χ1v) is 24.3. The molecule has 10 aromatic carbocycles. The minimum absolute atomic E-state index is 0.0408. The van der Waals surface area contributed by atoms with E-state index in [1.807, 2.05) is 0 Å². The molecule has 4 nitrogen and oxygen atoms in total. The zero-order valence-corrected chi connectivity index (χ0v) is 38.2. The van der Waals surface area contributed by atoms with Crippen molar-refractivity contribution in [1.82, 2.24) is 13.7 Å². The average Bonchev–Trinajstić information content (AvgIpc) is 4.16. The van der Waals surface area contributed by atoms with Crippen LogP contribution in [0.15, 0.2) is 255 Å². The molecule has 4 heterocycles. The maximum absolute atomic E-state index is 2.62. The molecule has 2 unspecified atom stereocenters. The summed E-state index contributed by atoms with van der Waals surface area (Å²) in [4.78, 5) is 2.62. The fourth-order valence-corrected chi connectivity index (χ4v) is 12.1. The number of hydrogen-bond acceptors (Lipinski definition) is 1. The lowest BCUT2D eigenvalue weighted by Gasteiger charge is -2.31. The SMILES string of the molecule is C1=CC2C(C=C1c1ccccc1)c1cc(-n3c4ccccc4c4ccccc43)cc(-n3c4ccccc4c4ccccc43)c1N2c1ccc(-c2ccc(-n3c4ccccc4c4ccccc43)cc2)cc1. The van der Waals surface area contributed by atoms with Crippen LogP contribution in [0.5, 0.6) is 0 Å². The van der Waals surface area contributed by atoms with Crippen molar-refractivity contribution in [3.05, 3.63) is 266 Å². The highest BCUT2D eigenvalue weighted by Gasteiger charge is 2.41. The average molecular weight is 893 g/mol. The molecule has 1 aliphatic heterocycles. The third kappa shape index (κ3) is 5.71. The van der Waals surface area contributed by atoms with Crippen LogP contribution in [0.4, 0.5) is 11.4 Å². The Morgan fingerprint density at radius 2 is 0.714 bits per heavy atom. The second-order valence-electron chi connectivity index (χ2n) is 18.8. The molecule has 70 heavy (non-hydrogen) atoms. The van der Waals surface area contributed by atoms with Gasteiger partial charge in [0, 0.05) is 55.3 Å². The van der Waals surface area contributed by atoms with E-state index in [-0.39, 0.29) is 12.0 Å². The summed E-state index contributed by atoms with van der Waals surface area (Å²) in [6, 6.07) is 87.2. The summed E-state index contributed by atoms with van der Waals surface area (Å²) in [7, 11) is 0. The van der Waals surface area contributed by atoms with Crippen LogP contribution in [0.1, 0.15) is 17.0 Å². The summed E-state index contributed by atoms with van der Waals surface area (Å²) in [5, 5.41) is 7.54. The van der Waals surface area contributed by atoms with Crippen LogP contribution in [0.3, 0.4) is 0 Å². The van der Waals surface area contributed by atoms with Crippen LogP contribution in [-0.4, -0.2) is 19.7 Å². The Kier molecular flexibility index (Phi) is 8.45. The molecule has 3 aromatic heterocycles. The number of nitrogens with zero attached hydrogens (tertiary/aromatic N) is 4. The highest BCUT2D eigenvalue weighted by atomic mass is 15.2. The summed E-state index contributed by atoms with van der Waals surface area (Å²) < 4.78 is 7.40. The van der Waals surface area contributed by atoms with E-state index in [4.69, 9.17) is 0 Å². The number of para-hydroxylation sites is 6. The van der Waals surface area contributed by atoms with E-state index in [0.29, 0.717) is 0 Å². The third-order valence-corrected chi connectivity index (χ3v) is 15.2.